The van der Waals surface area contributed by atoms with Crippen molar-refractivity contribution in [1.82, 2.24) is 4.90 Å². The summed E-state index contributed by atoms with van der Waals surface area (Å²) < 4.78 is 4.76. The van der Waals surface area contributed by atoms with Gasteiger partial charge in [0.2, 0.25) is 0 Å². The number of likely N-dealkylation sites (tertiary alicyclic amines) is 1. The third-order valence-corrected chi connectivity index (χ3v) is 1.74. The predicted molar refractivity (Wildman–Crippen MR) is 43.4 cm³/mol. The highest BCUT2D eigenvalue weighted by Gasteiger charge is 2.30. The van der Waals surface area contributed by atoms with Crippen LogP contribution in [-0.2, 0) is 4.74 Å². The molecule has 1 rings (SSSR count). The molecular weight excluding hydrogens is 158 g/mol. The van der Waals surface area contributed by atoms with Crippen molar-refractivity contribution in [1.29, 1.82) is 0 Å². The summed E-state index contributed by atoms with van der Waals surface area (Å²) in [6.07, 6.45) is -0.368. The van der Waals surface area contributed by atoms with Gasteiger partial charge >= 0.3 is 6.09 Å². The maximum absolute atomic E-state index is 11.1. The van der Waals surface area contributed by atoms with Crippen LogP contribution in [0.2, 0.25) is 0 Å². The van der Waals surface area contributed by atoms with E-state index in [0.29, 0.717) is 18.8 Å². The number of nitrogens with zero attached hydrogens (tertiary/aromatic N) is 1. The summed E-state index contributed by atoms with van der Waals surface area (Å²) in [4.78, 5) is 12.6. The van der Waals surface area contributed by atoms with Crippen molar-refractivity contribution in [2.75, 3.05) is 19.7 Å². The van der Waals surface area contributed by atoms with Gasteiger partial charge in [-0.1, -0.05) is 6.58 Å². The summed E-state index contributed by atoms with van der Waals surface area (Å²) in [5, 5.41) is 8.67. The SMILES string of the molecule is C=C(C)OC(=O)N1CC(CO)C1. The van der Waals surface area contributed by atoms with Crippen LogP contribution < -0.4 is 0 Å². The Bertz CT molecular complexity index is 196. The van der Waals surface area contributed by atoms with E-state index in [2.05, 4.69) is 6.58 Å². The van der Waals surface area contributed by atoms with Gasteiger partial charge in [-0.3, -0.25) is 0 Å². The minimum atomic E-state index is -0.368. The maximum atomic E-state index is 11.1. The first-order valence-electron chi connectivity index (χ1n) is 3.86. The molecule has 1 N–H and O–H groups in total. The first kappa shape index (κ1) is 9.06. The topological polar surface area (TPSA) is 49.8 Å². The van der Waals surface area contributed by atoms with Crippen LogP contribution in [0.25, 0.3) is 0 Å². The quantitative estimate of drug-likeness (QED) is 0.618. The van der Waals surface area contributed by atoms with Crippen LogP contribution in [0.3, 0.4) is 0 Å². The van der Waals surface area contributed by atoms with Crippen LogP contribution in [0, 0.1) is 5.92 Å². The van der Waals surface area contributed by atoms with Crippen molar-refractivity contribution in [2.45, 2.75) is 6.92 Å². The largest absolute Gasteiger partial charge is 0.416 e. The summed E-state index contributed by atoms with van der Waals surface area (Å²) in [7, 11) is 0. The van der Waals surface area contributed by atoms with E-state index in [9.17, 15) is 4.79 Å². The van der Waals surface area contributed by atoms with Crippen LogP contribution in [0.5, 0.6) is 0 Å². The number of rotatable bonds is 2. The fourth-order valence-electron chi connectivity index (χ4n) is 1.05. The standard InChI is InChI=1S/C8H13NO3/c1-6(2)12-8(11)9-3-7(4-9)5-10/h7,10H,1,3-5H2,2H3. The number of ether oxygens (including phenoxy) is 1. The molecule has 1 heterocycles. The third-order valence-electron chi connectivity index (χ3n) is 1.74. The molecule has 0 unspecified atom stereocenters. The number of aliphatic hydroxyl groups is 1. The number of allylic oxidation sites excluding steroid dienone is 1. The molecule has 1 fully saturated rings. The summed E-state index contributed by atoms with van der Waals surface area (Å²) in [5.74, 6) is 0.620. The summed E-state index contributed by atoms with van der Waals surface area (Å²) >= 11 is 0. The smallest absolute Gasteiger partial charge is 0.414 e. The van der Waals surface area contributed by atoms with E-state index >= 15 is 0 Å². The fourth-order valence-corrected chi connectivity index (χ4v) is 1.05. The Balaban J connectivity index is 2.24. The zero-order valence-corrected chi connectivity index (χ0v) is 7.12. The lowest BCUT2D eigenvalue weighted by atomic mass is 10.0. The summed E-state index contributed by atoms with van der Waals surface area (Å²) in [6.45, 7) is 6.39. The number of amides is 1. The average Bonchev–Trinajstić information content (AvgIpc) is 1.82. The van der Waals surface area contributed by atoms with Crippen molar-refractivity contribution in [3.05, 3.63) is 12.3 Å². The second-order valence-electron chi connectivity index (χ2n) is 3.02. The molecule has 1 aliphatic heterocycles. The van der Waals surface area contributed by atoms with Gasteiger partial charge in [-0.05, 0) is 6.92 Å². The average molecular weight is 171 g/mol. The van der Waals surface area contributed by atoms with Gasteiger partial charge in [0.05, 0.1) is 5.76 Å². The Hall–Kier alpha value is -1.03. The van der Waals surface area contributed by atoms with Crippen LogP contribution in [-0.4, -0.2) is 35.8 Å². The van der Waals surface area contributed by atoms with E-state index in [-0.39, 0.29) is 18.6 Å². The molecule has 0 aliphatic carbocycles. The number of carbonyl (C=O) groups excluding carboxylic acids is 1. The Morgan fingerprint density at radius 3 is 2.75 bits per heavy atom. The molecule has 0 atom stereocenters. The first-order valence-corrected chi connectivity index (χ1v) is 3.86. The third kappa shape index (κ3) is 1.98. The van der Waals surface area contributed by atoms with Gasteiger partial charge in [0.25, 0.3) is 0 Å². The van der Waals surface area contributed by atoms with Crippen molar-refractivity contribution >= 4 is 6.09 Å². The molecule has 4 nitrogen and oxygen atoms in total. The molecule has 0 spiro atoms. The Morgan fingerprint density at radius 1 is 1.75 bits per heavy atom. The normalized spacial score (nSPS) is 17.0. The van der Waals surface area contributed by atoms with Crippen molar-refractivity contribution in [3.63, 3.8) is 0 Å². The Kier molecular flexibility index (Phi) is 2.70. The van der Waals surface area contributed by atoms with Gasteiger partial charge in [-0.2, -0.15) is 0 Å². The van der Waals surface area contributed by atoms with Gasteiger partial charge in [0.1, 0.15) is 0 Å². The molecule has 1 amide bonds. The van der Waals surface area contributed by atoms with E-state index in [4.69, 9.17) is 9.84 Å². The van der Waals surface area contributed by atoms with E-state index in [1.165, 1.54) is 4.90 Å². The Labute approximate surface area is 71.4 Å². The van der Waals surface area contributed by atoms with E-state index in [1.54, 1.807) is 6.92 Å². The van der Waals surface area contributed by atoms with E-state index in [0.717, 1.165) is 0 Å². The molecule has 0 bridgehead atoms. The van der Waals surface area contributed by atoms with Crippen molar-refractivity contribution in [3.8, 4) is 0 Å². The van der Waals surface area contributed by atoms with Gasteiger partial charge in [0.15, 0.2) is 0 Å². The highest BCUT2D eigenvalue weighted by atomic mass is 16.6. The monoisotopic (exact) mass is 171 g/mol. The second-order valence-corrected chi connectivity index (χ2v) is 3.02. The second kappa shape index (κ2) is 3.58. The van der Waals surface area contributed by atoms with Gasteiger partial charge in [-0.25, -0.2) is 4.79 Å². The minimum Gasteiger partial charge on any atom is -0.416 e. The molecule has 68 valence electrons. The molecule has 1 aliphatic rings. The highest BCUT2D eigenvalue weighted by Crippen LogP contribution is 2.16. The first-order chi connectivity index (χ1) is 5.63. The summed E-state index contributed by atoms with van der Waals surface area (Å²) in [5.41, 5.74) is 0. The zero-order chi connectivity index (χ0) is 9.14. The van der Waals surface area contributed by atoms with Crippen LogP contribution in [0.1, 0.15) is 6.92 Å². The lowest BCUT2D eigenvalue weighted by Crippen LogP contribution is -2.51. The number of carbonyl (C=O) groups is 1. The predicted octanol–water partition coefficient (Wildman–Crippen LogP) is 0.581. The molecule has 0 aromatic carbocycles. The van der Waals surface area contributed by atoms with Crippen LogP contribution in [0.4, 0.5) is 4.79 Å². The number of aliphatic hydroxyl groups excluding tert-OH is 1. The number of hydrogen-bond donors (Lipinski definition) is 1. The highest BCUT2D eigenvalue weighted by molar-refractivity contribution is 5.69. The molecule has 4 heteroatoms. The maximum Gasteiger partial charge on any atom is 0.414 e. The molecular formula is C8H13NO3. The fraction of sp³-hybridized carbons (Fsp3) is 0.625. The number of hydrogen-bond acceptors (Lipinski definition) is 3. The molecule has 1 saturated heterocycles. The van der Waals surface area contributed by atoms with Crippen LogP contribution >= 0.6 is 0 Å². The molecule has 12 heavy (non-hydrogen) atoms. The summed E-state index contributed by atoms with van der Waals surface area (Å²) in [6, 6.07) is 0. The zero-order valence-electron chi connectivity index (χ0n) is 7.12. The van der Waals surface area contributed by atoms with Crippen LogP contribution in [0.15, 0.2) is 12.3 Å². The molecule has 0 aromatic heterocycles. The van der Waals surface area contributed by atoms with Gasteiger partial charge in [-0.15, -0.1) is 0 Å². The van der Waals surface area contributed by atoms with E-state index < -0.39 is 0 Å². The van der Waals surface area contributed by atoms with E-state index in [1.807, 2.05) is 0 Å². The Morgan fingerprint density at radius 2 is 2.33 bits per heavy atom. The minimum absolute atomic E-state index is 0.136. The lowest BCUT2D eigenvalue weighted by molar-refractivity contribution is 0.0459. The van der Waals surface area contributed by atoms with Gasteiger partial charge in [0, 0.05) is 25.6 Å². The molecule has 0 saturated carbocycles. The molecule has 0 radical (unpaired) electrons. The molecule has 0 aromatic rings. The van der Waals surface area contributed by atoms with Crippen molar-refractivity contribution in [2.24, 2.45) is 5.92 Å². The van der Waals surface area contributed by atoms with Gasteiger partial charge < -0.3 is 14.7 Å². The lowest BCUT2D eigenvalue weighted by Gasteiger charge is -2.36. The van der Waals surface area contributed by atoms with Crippen molar-refractivity contribution < 1.29 is 14.6 Å².